The second-order valence-electron chi connectivity index (χ2n) is 4.01. The van der Waals surface area contributed by atoms with Crippen LogP contribution in [0.4, 0.5) is 10.1 Å². The lowest BCUT2D eigenvalue weighted by Crippen LogP contribution is -2.03. The van der Waals surface area contributed by atoms with E-state index in [4.69, 9.17) is 28.5 Å². The van der Waals surface area contributed by atoms with Gasteiger partial charge in [-0.25, -0.2) is 4.39 Å². The molecule has 0 saturated heterocycles. The van der Waals surface area contributed by atoms with E-state index in [0.717, 1.165) is 4.47 Å². The van der Waals surface area contributed by atoms with Crippen LogP contribution in [0.3, 0.4) is 0 Å². The molecule has 0 radical (unpaired) electrons. The number of halogens is 4. The first kappa shape index (κ1) is 15.1. The maximum absolute atomic E-state index is 13.2. The van der Waals surface area contributed by atoms with Gasteiger partial charge in [-0.05, 0) is 35.9 Å². The highest BCUT2D eigenvalue weighted by Gasteiger charge is 2.09. The van der Waals surface area contributed by atoms with E-state index >= 15 is 0 Å². The van der Waals surface area contributed by atoms with Gasteiger partial charge < -0.3 is 5.32 Å². The summed E-state index contributed by atoms with van der Waals surface area (Å²) < 4.78 is 14.0. The van der Waals surface area contributed by atoms with Crippen LogP contribution in [-0.2, 0) is 6.54 Å². The molecule has 2 rings (SSSR count). The van der Waals surface area contributed by atoms with Crippen molar-refractivity contribution >= 4 is 44.8 Å². The third kappa shape index (κ3) is 3.43. The summed E-state index contributed by atoms with van der Waals surface area (Å²) >= 11 is 15.5. The van der Waals surface area contributed by atoms with Crippen molar-refractivity contribution in [2.24, 2.45) is 0 Å². The van der Waals surface area contributed by atoms with Gasteiger partial charge in [0, 0.05) is 11.0 Å². The van der Waals surface area contributed by atoms with Gasteiger partial charge in [-0.2, -0.15) is 5.26 Å². The van der Waals surface area contributed by atoms with Crippen molar-refractivity contribution in [3.8, 4) is 6.07 Å². The molecule has 20 heavy (non-hydrogen) atoms. The molecule has 0 bridgehead atoms. The van der Waals surface area contributed by atoms with Crippen molar-refractivity contribution in [3.63, 3.8) is 0 Å². The van der Waals surface area contributed by atoms with Crippen LogP contribution in [0.15, 0.2) is 34.8 Å². The fourth-order valence-corrected chi connectivity index (χ4v) is 3.05. The Morgan fingerprint density at radius 2 is 1.85 bits per heavy atom. The largest absolute Gasteiger partial charge is 0.379 e. The van der Waals surface area contributed by atoms with Gasteiger partial charge in [-0.3, -0.25) is 0 Å². The van der Waals surface area contributed by atoms with E-state index in [1.54, 1.807) is 12.1 Å². The molecule has 2 nitrogen and oxygen atoms in total. The minimum atomic E-state index is -0.395. The monoisotopic (exact) mass is 372 g/mol. The molecule has 0 spiro atoms. The highest BCUT2D eigenvalue weighted by atomic mass is 79.9. The number of anilines is 1. The maximum atomic E-state index is 13.2. The second kappa shape index (κ2) is 6.45. The summed E-state index contributed by atoms with van der Waals surface area (Å²) in [7, 11) is 0. The van der Waals surface area contributed by atoms with Gasteiger partial charge in [0.05, 0.1) is 27.4 Å². The SMILES string of the molecule is N#Cc1ccc(F)cc1CNc1c(Cl)cc(Br)cc1Cl. The molecule has 0 amide bonds. The first-order valence-electron chi connectivity index (χ1n) is 5.58. The number of rotatable bonds is 3. The summed E-state index contributed by atoms with van der Waals surface area (Å²) in [5.74, 6) is -0.395. The van der Waals surface area contributed by atoms with Gasteiger partial charge in [-0.15, -0.1) is 0 Å². The third-order valence-corrected chi connectivity index (χ3v) is 3.70. The van der Waals surface area contributed by atoms with Crippen molar-refractivity contribution in [1.82, 2.24) is 0 Å². The molecule has 102 valence electrons. The number of nitrogens with zero attached hydrogens (tertiary/aromatic N) is 1. The van der Waals surface area contributed by atoms with E-state index in [1.165, 1.54) is 18.2 Å². The topological polar surface area (TPSA) is 35.8 Å². The molecule has 0 aliphatic rings. The van der Waals surface area contributed by atoms with E-state index in [9.17, 15) is 4.39 Å². The van der Waals surface area contributed by atoms with Crippen molar-refractivity contribution < 1.29 is 4.39 Å². The van der Waals surface area contributed by atoms with Gasteiger partial charge in [0.25, 0.3) is 0 Å². The quantitative estimate of drug-likeness (QED) is 0.783. The zero-order chi connectivity index (χ0) is 14.7. The standard InChI is InChI=1S/C14H8BrCl2FN2/c15-10-4-12(16)14(13(17)5-10)20-7-9-3-11(18)2-1-8(9)6-19/h1-5,20H,7H2. The number of nitrogens with one attached hydrogen (secondary N) is 1. The van der Waals surface area contributed by atoms with Gasteiger partial charge in [0.2, 0.25) is 0 Å². The molecule has 0 aliphatic heterocycles. The summed E-state index contributed by atoms with van der Waals surface area (Å²) in [6.07, 6.45) is 0. The molecule has 0 aromatic heterocycles. The molecule has 0 heterocycles. The normalized spacial score (nSPS) is 10.2. The Morgan fingerprint density at radius 3 is 2.45 bits per heavy atom. The molecule has 0 saturated carbocycles. The fourth-order valence-electron chi connectivity index (χ4n) is 1.71. The van der Waals surface area contributed by atoms with Crippen molar-refractivity contribution in [2.75, 3.05) is 5.32 Å². The molecule has 6 heteroatoms. The lowest BCUT2D eigenvalue weighted by Gasteiger charge is -2.12. The highest BCUT2D eigenvalue weighted by molar-refractivity contribution is 9.10. The predicted molar refractivity (Wildman–Crippen MR) is 82.6 cm³/mol. The molecule has 2 aromatic carbocycles. The van der Waals surface area contributed by atoms with Gasteiger partial charge in [0.15, 0.2) is 0 Å². The molecule has 0 unspecified atom stereocenters. The van der Waals surface area contributed by atoms with Crippen LogP contribution < -0.4 is 5.32 Å². The van der Waals surface area contributed by atoms with Crippen molar-refractivity contribution in [2.45, 2.75) is 6.54 Å². The van der Waals surface area contributed by atoms with E-state index in [2.05, 4.69) is 21.2 Å². The smallest absolute Gasteiger partial charge is 0.123 e. The Hall–Kier alpha value is -1.28. The maximum Gasteiger partial charge on any atom is 0.123 e. The zero-order valence-electron chi connectivity index (χ0n) is 10.1. The van der Waals surface area contributed by atoms with Gasteiger partial charge in [0.1, 0.15) is 5.82 Å². The van der Waals surface area contributed by atoms with Gasteiger partial charge >= 0.3 is 0 Å². The summed E-state index contributed by atoms with van der Waals surface area (Å²) in [6.45, 7) is 0.252. The molecular weight excluding hydrogens is 366 g/mol. The molecular formula is C14H8BrCl2FN2. The highest BCUT2D eigenvalue weighted by Crippen LogP contribution is 2.34. The van der Waals surface area contributed by atoms with E-state index < -0.39 is 5.82 Å². The predicted octanol–water partition coefficient (Wildman–Crippen LogP) is 5.38. The first-order valence-corrected chi connectivity index (χ1v) is 7.13. The zero-order valence-corrected chi connectivity index (χ0v) is 13.2. The fraction of sp³-hybridized carbons (Fsp3) is 0.0714. The Bertz CT molecular complexity index is 675. The Kier molecular flexibility index (Phi) is 4.87. The molecule has 0 atom stereocenters. The average Bonchev–Trinajstić information content (AvgIpc) is 2.37. The van der Waals surface area contributed by atoms with Crippen LogP contribution in [0.1, 0.15) is 11.1 Å². The van der Waals surface area contributed by atoms with Crippen LogP contribution in [0, 0.1) is 17.1 Å². The minimum Gasteiger partial charge on any atom is -0.379 e. The Morgan fingerprint density at radius 1 is 1.20 bits per heavy atom. The van der Waals surface area contributed by atoms with Crippen LogP contribution in [-0.4, -0.2) is 0 Å². The average molecular weight is 374 g/mol. The van der Waals surface area contributed by atoms with Crippen molar-refractivity contribution in [3.05, 3.63) is 61.8 Å². The minimum absolute atomic E-state index is 0.252. The molecule has 2 aromatic rings. The third-order valence-electron chi connectivity index (χ3n) is 2.65. The number of hydrogen-bond acceptors (Lipinski definition) is 2. The molecule has 0 aliphatic carbocycles. The summed E-state index contributed by atoms with van der Waals surface area (Å²) in [5.41, 5.74) is 1.50. The summed E-state index contributed by atoms with van der Waals surface area (Å²) in [6, 6.07) is 9.42. The number of benzene rings is 2. The first-order chi connectivity index (χ1) is 9.51. The van der Waals surface area contributed by atoms with Crippen molar-refractivity contribution in [1.29, 1.82) is 5.26 Å². The summed E-state index contributed by atoms with van der Waals surface area (Å²) in [5, 5.41) is 12.9. The lowest BCUT2D eigenvalue weighted by atomic mass is 10.1. The number of hydrogen-bond donors (Lipinski definition) is 1. The Labute approximate surface area is 134 Å². The summed E-state index contributed by atoms with van der Waals surface area (Å²) in [4.78, 5) is 0. The van der Waals surface area contributed by atoms with Crippen LogP contribution >= 0.6 is 39.1 Å². The Balaban J connectivity index is 2.26. The molecule has 1 N–H and O–H groups in total. The molecule has 0 fully saturated rings. The van der Waals surface area contributed by atoms with E-state index in [-0.39, 0.29) is 6.54 Å². The second-order valence-corrected chi connectivity index (χ2v) is 5.74. The number of nitriles is 1. The van der Waals surface area contributed by atoms with Crippen LogP contribution in [0.25, 0.3) is 0 Å². The van der Waals surface area contributed by atoms with Crippen LogP contribution in [0.2, 0.25) is 10.0 Å². The van der Waals surface area contributed by atoms with Gasteiger partial charge in [-0.1, -0.05) is 39.1 Å². The van der Waals surface area contributed by atoms with E-state index in [0.29, 0.717) is 26.9 Å². The lowest BCUT2D eigenvalue weighted by molar-refractivity contribution is 0.625. The van der Waals surface area contributed by atoms with E-state index in [1.807, 2.05) is 6.07 Å². The van der Waals surface area contributed by atoms with Crippen LogP contribution in [0.5, 0.6) is 0 Å².